The van der Waals surface area contributed by atoms with Crippen LogP contribution in [-0.4, -0.2) is 15.5 Å². The number of imidazole rings is 1. The van der Waals surface area contributed by atoms with Crippen molar-refractivity contribution < 1.29 is 4.79 Å². The van der Waals surface area contributed by atoms with E-state index in [9.17, 15) is 4.79 Å². The van der Waals surface area contributed by atoms with Crippen molar-refractivity contribution in [1.29, 1.82) is 0 Å². The van der Waals surface area contributed by atoms with E-state index in [1.54, 1.807) is 24.3 Å². The third-order valence-corrected chi connectivity index (χ3v) is 5.37. The summed E-state index contributed by atoms with van der Waals surface area (Å²) in [6.45, 7) is 0.986. The number of halogens is 2. The van der Waals surface area contributed by atoms with E-state index in [2.05, 4.69) is 37.9 Å². The Balaban J connectivity index is 1.62. The number of carbonyl (C=O) groups is 1. The number of nitrogens with zero attached hydrogens (tertiary/aromatic N) is 2. The lowest BCUT2D eigenvalue weighted by Crippen LogP contribution is -2.25. The van der Waals surface area contributed by atoms with Crippen LogP contribution in [0.2, 0.25) is 5.02 Å². The average molecular weight is 455 g/mol. The second kappa shape index (κ2) is 8.17. The van der Waals surface area contributed by atoms with Crippen molar-refractivity contribution in [2.24, 2.45) is 0 Å². The fourth-order valence-electron chi connectivity index (χ4n) is 3.11. The van der Waals surface area contributed by atoms with Crippen molar-refractivity contribution in [3.63, 3.8) is 0 Å². The molecule has 4 aromatic rings. The fraction of sp³-hybridized carbons (Fsp3) is 0.0909. The highest BCUT2D eigenvalue weighted by Crippen LogP contribution is 2.20. The molecule has 4 rings (SSSR count). The van der Waals surface area contributed by atoms with Crippen molar-refractivity contribution >= 4 is 44.5 Å². The average Bonchev–Trinajstić information content (AvgIpc) is 3.06. The maximum Gasteiger partial charge on any atom is 0.253 e. The summed E-state index contributed by atoms with van der Waals surface area (Å²) in [5.41, 5.74) is 3.55. The zero-order valence-electron chi connectivity index (χ0n) is 14.9. The number of nitrogens with one attached hydrogen (secondary N) is 1. The van der Waals surface area contributed by atoms with Crippen molar-refractivity contribution in [3.05, 3.63) is 99.2 Å². The first kappa shape index (κ1) is 18.7. The molecule has 0 aliphatic rings. The molecule has 0 unspecified atom stereocenters. The molecular weight excluding hydrogens is 438 g/mol. The molecule has 0 bridgehead atoms. The summed E-state index contributed by atoms with van der Waals surface area (Å²) in [5.74, 6) is 0.581. The van der Waals surface area contributed by atoms with E-state index in [0.717, 1.165) is 26.9 Å². The molecule has 0 fully saturated rings. The van der Waals surface area contributed by atoms with Gasteiger partial charge in [-0.2, -0.15) is 0 Å². The molecule has 0 radical (unpaired) electrons. The highest BCUT2D eigenvalue weighted by Gasteiger charge is 2.14. The lowest BCUT2D eigenvalue weighted by atomic mass is 10.2. The van der Waals surface area contributed by atoms with Gasteiger partial charge in [0.15, 0.2) is 0 Å². The van der Waals surface area contributed by atoms with Crippen LogP contribution in [0.15, 0.2) is 77.3 Å². The lowest BCUT2D eigenvalue weighted by molar-refractivity contribution is 0.0949. The van der Waals surface area contributed by atoms with Gasteiger partial charge in [0.25, 0.3) is 5.91 Å². The van der Waals surface area contributed by atoms with Gasteiger partial charge in [-0.3, -0.25) is 4.79 Å². The van der Waals surface area contributed by atoms with Crippen LogP contribution < -0.4 is 5.32 Å². The second-order valence-corrected chi connectivity index (χ2v) is 7.71. The first-order valence-electron chi connectivity index (χ1n) is 8.83. The van der Waals surface area contributed by atoms with Gasteiger partial charge in [-0.1, -0.05) is 63.9 Å². The number of fused-ring (bicyclic) bond motifs is 1. The van der Waals surface area contributed by atoms with Gasteiger partial charge in [0.2, 0.25) is 0 Å². The van der Waals surface area contributed by atoms with E-state index in [1.165, 1.54) is 0 Å². The molecule has 3 aromatic carbocycles. The quantitative estimate of drug-likeness (QED) is 0.437. The molecule has 0 atom stereocenters. The minimum Gasteiger partial charge on any atom is -0.345 e. The minimum atomic E-state index is -0.215. The molecule has 0 aliphatic heterocycles. The Morgan fingerprint density at radius 1 is 1.00 bits per heavy atom. The zero-order chi connectivity index (χ0) is 19.5. The second-order valence-electron chi connectivity index (χ2n) is 6.39. The van der Waals surface area contributed by atoms with Gasteiger partial charge < -0.3 is 9.88 Å². The number of amides is 1. The summed E-state index contributed by atoms with van der Waals surface area (Å²) < 4.78 is 3.17. The number of rotatable bonds is 5. The summed E-state index contributed by atoms with van der Waals surface area (Å²) >= 11 is 9.60. The maximum atomic E-state index is 12.5. The zero-order valence-corrected chi connectivity index (χ0v) is 17.2. The molecule has 28 heavy (non-hydrogen) atoms. The van der Waals surface area contributed by atoms with Crippen molar-refractivity contribution in [3.8, 4) is 0 Å². The molecule has 140 valence electrons. The molecule has 1 heterocycles. The van der Waals surface area contributed by atoms with Gasteiger partial charge >= 0.3 is 0 Å². The minimum absolute atomic E-state index is 0.215. The predicted octanol–water partition coefficient (Wildman–Crippen LogP) is 5.43. The molecule has 0 spiro atoms. The normalized spacial score (nSPS) is 10.9. The van der Waals surface area contributed by atoms with Crippen LogP contribution in [-0.2, 0) is 13.1 Å². The lowest BCUT2D eigenvalue weighted by Gasteiger charge is -2.11. The summed E-state index contributed by atoms with van der Waals surface area (Å²) in [4.78, 5) is 17.2. The molecule has 1 N–H and O–H groups in total. The summed E-state index contributed by atoms with van der Waals surface area (Å²) in [5, 5.41) is 3.37. The van der Waals surface area contributed by atoms with Crippen LogP contribution in [0, 0.1) is 0 Å². The summed E-state index contributed by atoms with van der Waals surface area (Å²) in [6.07, 6.45) is 0. The van der Waals surface area contributed by atoms with Crippen molar-refractivity contribution in [2.45, 2.75) is 13.1 Å². The molecule has 1 aromatic heterocycles. The first-order chi connectivity index (χ1) is 13.6. The largest absolute Gasteiger partial charge is 0.345 e. The van der Waals surface area contributed by atoms with Crippen LogP contribution in [0.1, 0.15) is 21.7 Å². The van der Waals surface area contributed by atoms with E-state index in [-0.39, 0.29) is 5.91 Å². The highest BCUT2D eigenvalue weighted by atomic mass is 79.9. The van der Waals surface area contributed by atoms with Crippen molar-refractivity contribution in [1.82, 2.24) is 14.9 Å². The topological polar surface area (TPSA) is 46.9 Å². The Labute approximate surface area is 176 Å². The number of hydrogen-bond acceptors (Lipinski definition) is 2. The Kier molecular flexibility index (Phi) is 5.46. The Morgan fingerprint density at radius 2 is 1.71 bits per heavy atom. The van der Waals surface area contributed by atoms with E-state index >= 15 is 0 Å². The molecular formula is C22H17BrClN3O. The molecule has 4 nitrogen and oxygen atoms in total. The number of carbonyl (C=O) groups excluding carboxylic acids is 1. The first-order valence-corrected chi connectivity index (χ1v) is 10.0. The highest BCUT2D eigenvalue weighted by molar-refractivity contribution is 9.10. The number of aromatic nitrogens is 2. The van der Waals surface area contributed by atoms with Crippen LogP contribution >= 0.6 is 27.5 Å². The molecule has 0 saturated heterocycles. The van der Waals surface area contributed by atoms with Crippen LogP contribution in [0.3, 0.4) is 0 Å². The molecule has 1 amide bonds. The van der Waals surface area contributed by atoms with E-state index in [4.69, 9.17) is 16.6 Å². The van der Waals surface area contributed by atoms with Gasteiger partial charge in [-0.05, 0) is 42.0 Å². The molecule has 0 saturated carbocycles. The van der Waals surface area contributed by atoms with E-state index < -0.39 is 0 Å². The third-order valence-electron chi connectivity index (χ3n) is 4.51. The van der Waals surface area contributed by atoms with Gasteiger partial charge in [0.05, 0.1) is 28.2 Å². The standard InChI is InChI=1S/C22H17BrClN3O/c23-16-11-9-15(10-12-16)14-27-20-8-4-3-7-19(20)26-21(27)13-25-22(28)17-5-1-2-6-18(17)24/h1-12H,13-14H2,(H,25,28). The predicted molar refractivity (Wildman–Crippen MR) is 116 cm³/mol. The number of para-hydroxylation sites is 2. The van der Waals surface area contributed by atoms with Gasteiger partial charge in [-0.25, -0.2) is 4.98 Å². The summed E-state index contributed by atoms with van der Waals surface area (Å²) in [7, 11) is 0. The fourth-order valence-corrected chi connectivity index (χ4v) is 3.59. The molecule has 6 heteroatoms. The van der Waals surface area contributed by atoms with Gasteiger partial charge in [0, 0.05) is 11.0 Å². The number of benzene rings is 3. The van der Waals surface area contributed by atoms with E-state index in [0.29, 0.717) is 23.7 Å². The van der Waals surface area contributed by atoms with Crippen LogP contribution in [0.25, 0.3) is 11.0 Å². The van der Waals surface area contributed by atoms with Crippen LogP contribution in [0.4, 0.5) is 0 Å². The van der Waals surface area contributed by atoms with Crippen LogP contribution in [0.5, 0.6) is 0 Å². The Bertz CT molecular complexity index is 1140. The van der Waals surface area contributed by atoms with Crippen molar-refractivity contribution in [2.75, 3.05) is 0 Å². The maximum absolute atomic E-state index is 12.5. The summed E-state index contributed by atoms with van der Waals surface area (Å²) in [6, 6.07) is 23.2. The van der Waals surface area contributed by atoms with Gasteiger partial charge in [0.1, 0.15) is 5.82 Å². The van der Waals surface area contributed by atoms with Gasteiger partial charge in [-0.15, -0.1) is 0 Å². The monoisotopic (exact) mass is 453 g/mol. The SMILES string of the molecule is O=C(NCc1nc2ccccc2n1Cc1ccc(Br)cc1)c1ccccc1Cl. The number of hydrogen-bond donors (Lipinski definition) is 1. The Morgan fingerprint density at radius 3 is 2.50 bits per heavy atom. The molecule has 0 aliphatic carbocycles. The third kappa shape index (κ3) is 3.96. The Hall–Kier alpha value is -2.63. The van der Waals surface area contributed by atoms with E-state index in [1.807, 2.05) is 36.4 Å². The smallest absolute Gasteiger partial charge is 0.253 e.